The normalized spacial score (nSPS) is 16.4. The number of ether oxygens (including phenoxy) is 1. The van der Waals surface area contributed by atoms with Gasteiger partial charge in [-0.2, -0.15) is 0 Å². The Morgan fingerprint density at radius 2 is 1.96 bits per heavy atom. The van der Waals surface area contributed by atoms with Gasteiger partial charge in [-0.15, -0.1) is 0 Å². The molecule has 2 aromatic rings. The summed E-state index contributed by atoms with van der Waals surface area (Å²) >= 11 is 0. The third kappa shape index (κ3) is 4.24. The zero-order valence-corrected chi connectivity index (χ0v) is 16.7. The lowest BCUT2D eigenvalue weighted by Gasteiger charge is -2.30. The standard InChI is InChI=1S/C22H30N2O3/c1-4-24(17-9-7-6-8-10-17)14-19-15(3)23-20-12-11-16(22(26)27-5-2)13-18(20)21(19)25/h11-13,17H,4-10,14H2,1-3H3,(H,23,25)/p+1. The van der Waals surface area contributed by atoms with Gasteiger partial charge in [0.25, 0.3) is 0 Å². The number of rotatable bonds is 6. The number of pyridine rings is 1. The van der Waals surface area contributed by atoms with Crippen LogP contribution in [0.1, 0.15) is 67.6 Å². The predicted molar refractivity (Wildman–Crippen MR) is 107 cm³/mol. The van der Waals surface area contributed by atoms with Crippen molar-refractivity contribution in [3.05, 3.63) is 45.2 Å². The van der Waals surface area contributed by atoms with Gasteiger partial charge in [-0.3, -0.25) is 4.79 Å². The van der Waals surface area contributed by atoms with Crippen molar-refractivity contribution in [3.63, 3.8) is 0 Å². The van der Waals surface area contributed by atoms with Crippen LogP contribution in [0.2, 0.25) is 0 Å². The number of carbonyl (C=O) groups excluding carboxylic acids is 1. The second-order valence-electron chi connectivity index (χ2n) is 7.56. The van der Waals surface area contributed by atoms with Crippen LogP contribution in [0.25, 0.3) is 10.9 Å². The Morgan fingerprint density at radius 3 is 2.63 bits per heavy atom. The molecule has 2 N–H and O–H groups in total. The molecule has 27 heavy (non-hydrogen) atoms. The van der Waals surface area contributed by atoms with Crippen molar-refractivity contribution >= 4 is 16.9 Å². The first-order valence-corrected chi connectivity index (χ1v) is 10.2. The average Bonchev–Trinajstić information content (AvgIpc) is 2.68. The Balaban J connectivity index is 1.96. The van der Waals surface area contributed by atoms with E-state index in [1.807, 2.05) is 6.92 Å². The van der Waals surface area contributed by atoms with Crippen LogP contribution in [0, 0.1) is 6.92 Å². The van der Waals surface area contributed by atoms with Gasteiger partial charge in [-0.1, -0.05) is 6.42 Å². The maximum absolute atomic E-state index is 13.2. The number of esters is 1. The highest BCUT2D eigenvalue weighted by Crippen LogP contribution is 2.17. The van der Waals surface area contributed by atoms with Crippen molar-refractivity contribution in [2.24, 2.45) is 0 Å². The first-order valence-electron chi connectivity index (χ1n) is 10.2. The third-order valence-electron chi connectivity index (χ3n) is 5.86. The van der Waals surface area contributed by atoms with Gasteiger partial charge in [-0.05, 0) is 64.7 Å². The number of nitrogens with one attached hydrogen (secondary N) is 2. The van der Waals surface area contributed by atoms with Crippen LogP contribution in [0.15, 0.2) is 23.0 Å². The average molecular weight is 372 g/mol. The minimum absolute atomic E-state index is 0.0363. The molecule has 1 fully saturated rings. The molecule has 146 valence electrons. The van der Waals surface area contributed by atoms with E-state index in [0.29, 0.717) is 23.6 Å². The number of benzene rings is 1. The van der Waals surface area contributed by atoms with Gasteiger partial charge in [-0.25, -0.2) is 4.79 Å². The summed E-state index contributed by atoms with van der Waals surface area (Å²) in [5.41, 5.74) is 3.00. The van der Waals surface area contributed by atoms with Gasteiger partial charge in [0.05, 0.1) is 30.3 Å². The smallest absolute Gasteiger partial charge is 0.338 e. The zero-order chi connectivity index (χ0) is 19.4. The summed E-state index contributed by atoms with van der Waals surface area (Å²) in [6.45, 7) is 8.03. The van der Waals surface area contributed by atoms with Crippen molar-refractivity contribution in [3.8, 4) is 0 Å². The highest BCUT2D eigenvalue weighted by atomic mass is 16.5. The van der Waals surface area contributed by atoms with Crippen molar-refractivity contribution in [1.29, 1.82) is 0 Å². The van der Waals surface area contributed by atoms with Gasteiger partial charge < -0.3 is 14.6 Å². The van der Waals surface area contributed by atoms with Crippen molar-refractivity contribution in [1.82, 2.24) is 4.98 Å². The number of hydrogen-bond donors (Lipinski definition) is 2. The zero-order valence-electron chi connectivity index (χ0n) is 16.7. The van der Waals surface area contributed by atoms with Crippen LogP contribution in [0.4, 0.5) is 0 Å². The Morgan fingerprint density at radius 1 is 1.22 bits per heavy atom. The molecule has 0 radical (unpaired) electrons. The minimum Gasteiger partial charge on any atom is -0.462 e. The molecule has 0 aliphatic heterocycles. The molecule has 1 unspecified atom stereocenters. The second-order valence-corrected chi connectivity index (χ2v) is 7.56. The summed E-state index contributed by atoms with van der Waals surface area (Å²) < 4.78 is 5.08. The van der Waals surface area contributed by atoms with Crippen LogP contribution >= 0.6 is 0 Å². The predicted octanol–water partition coefficient (Wildman–Crippen LogP) is 2.75. The Hall–Kier alpha value is -2.14. The van der Waals surface area contributed by atoms with Crippen LogP contribution in [-0.4, -0.2) is 30.1 Å². The van der Waals surface area contributed by atoms with Gasteiger partial charge in [0, 0.05) is 16.6 Å². The maximum atomic E-state index is 13.2. The van der Waals surface area contributed by atoms with Crippen molar-refractivity contribution in [2.75, 3.05) is 13.2 Å². The molecule has 0 bridgehead atoms. The molecule has 1 saturated carbocycles. The Bertz CT molecular complexity index is 866. The largest absolute Gasteiger partial charge is 0.462 e. The number of aryl methyl sites for hydroxylation is 1. The molecule has 0 amide bonds. The lowest BCUT2D eigenvalue weighted by molar-refractivity contribution is -0.938. The van der Waals surface area contributed by atoms with E-state index in [-0.39, 0.29) is 11.4 Å². The summed E-state index contributed by atoms with van der Waals surface area (Å²) in [5, 5.41) is 0.570. The van der Waals surface area contributed by atoms with E-state index in [2.05, 4.69) is 11.9 Å². The van der Waals surface area contributed by atoms with Gasteiger partial charge >= 0.3 is 5.97 Å². The second kappa shape index (κ2) is 8.70. The van der Waals surface area contributed by atoms with E-state index < -0.39 is 0 Å². The number of fused-ring (bicyclic) bond motifs is 1. The van der Waals surface area contributed by atoms with E-state index in [9.17, 15) is 9.59 Å². The molecular weight excluding hydrogens is 340 g/mol. The summed E-state index contributed by atoms with van der Waals surface area (Å²) in [5.74, 6) is -0.385. The van der Waals surface area contributed by atoms with E-state index in [1.165, 1.54) is 37.0 Å². The molecule has 1 aromatic heterocycles. The summed E-state index contributed by atoms with van der Waals surface area (Å²) in [6.07, 6.45) is 6.43. The molecule has 0 spiro atoms. The lowest BCUT2D eigenvalue weighted by Crippen LogP contribution is -3.14. The SMILES string of the molecule is CCOC(=O)c1ccc2[nH]c(C)c(C[NH+](CC)C3CCCCC3)c(=O)c2c1. The molecule has 3 rings (SSSR count). The fourth-order valence-electron chi connectivity index (χ4n) is 4.30. The number of aromatic nitrogens is 1. The first-order chi connectivity index (χ1) is 13.0. The maximum Gasteiger partial charge on any atom is 0.338 e. The molecule has 1 aliphatic rings. The fraction of sp³-hybridized carbons (Fsp3) is 0.545. The molecule has 1 heterocycles. The van der Waals surface area contributed by atoms with Gasteiger partial charge in [0.1, 0.15) is 6.54 Å². The van der Waals surface area contributed by atoms with Crippen LogP contribution in [0.5, 0.6) is 0 Å². The molecule has 1 aromatic carbocycles. The molecule has 5 nitrogen and oxygen atoms in total. The minimum atomic E-state index is -0.385. The number of quaternary nitrogens is 1. The molecular formula is C22H31N2O3+. The Kier molecular flexibility index (Phi) is 6.32. The molecule has 1 aliphatic carbocycles. The number of hydrogen-bond acceptors (Lipinski definition) is 3. The van der Waals surface area contributed by atoms with E-state index in [0.717, 1.165) is 29.9 Å². The van der Waals surface area contributed by atoms with E-state index >= 15 is 0 Å². The lowest BCUT2D eigenvalue weighted by atomic mass is 9.93. The highest BCUT2D eigenvalue weighted by molar-refractivity contribution is 5.94. The Labute approximate surface area is 160 Å². The molecule has 5 heteroatoms. The summed E-state index contributed by atoms with van der Waals surface area (Å²) in [4.78, 5) is 30.1. The number of H-pyrrole nitrogens is 1. The van der Waals surface area contributed by atoms with Crippen LogP contribution < -0.4 is 10.3 Å². The van der Waals surface area contributed by atoms with Crippen molar-refractivity contribution < 1.29 is 14.4 Å². The molecule has 1 atom stereocenters. The number of carbonyl (C=O) groups is 1. The van der Waals surface area contributed by atoms with E-state index in [4.69, 9.17) is 4.74 Å². The van der Waals surface area contributed by atoms with E-state index in [1.54, 1.807) is 25.1 Å². The van der Waals surface area contributed by atoms with Crippen LogP contribution in [-0.2, 0) is 11.3 Å². The highest BCUT2D eigenvalue weighted by Gasteiger charge is 2.25. The monoisotopic (exact) mass is 371 g/mol. The molecule has 0 saturated heterocycles. The fourth-order valence-corrected chi connectivity index (χ4v) is 4.30. The number of aromatic amines is 1. The van der Waals surface area contributed by atoms with Crippen LogP contribution in [0.3, 0.4) is 0 Å². The quantitative estimate of drug-likeness (QED) is 0.768. The van der Waals surface area contributed by atoms with Gasteiger partial charge in [0.15, 0.2) is 5.43 Å². The third-order valence-corrected chi connectivity index (χ3v) is 5.86. The van der Waals surface area contributed by atoms with Gasteiger partial charge in [0.2, 0.25) is 0 Å². The summed E-state index contributed by atoms with van der Waals surface area (Å²) in [6, 6.07) is 5.82. The topological polar surface area (TPSA) is 63.6 Å². The van der Waals surface area contributed by atoms with Crippen molar-refractivity contribution in [2.45, 2.75) is 65.5 Å². The first kappa shape index (κ1) is 19.6. The summed E-state index contributed by atoms with van der Waals surface area (Å²) in [7, 11) is 0.